The van der Waals surface area contributed by atoms with E-state index in [1.165, 1.54) is 0 Å². The Bertz CT molecular complexity index is 720. The number of benzene rings is 1. The predicted molar refractivity (Wildman–Crippen MR) is 75.4 cm³/mol. The summed E-state index contributed by atoms with van der Waals surface area (Å²) in [5, 5.41) is 3.09. The number of halogens is 2. The Morgan fingerprint density at radius 2 is 1.94 bits per heavy atom. The van der Waals surface area contributed by atoms with Crippen LogP contribution in [0.1, 0.15) is 0 Å². The van der Waals surface area contributed by atoms with Crippen molar-refractivity contribution in [2.45, 2.75) is 0 Å². The third-order valence-electron chi connectivity index (χ3n) is 2.61. The molecule has 0 bridgehead atoms. The van der Waals surface area contributed by atoms with Crippen LogP contribution in [-0.2, 0) is 0 Å². The van der Waals surface area contributed by atoms with Gasteiger partial charge in [0.25, 0.3) is 0 Å². The van der Waals surface area contributed by atoms with E-state index in [1.807, 2.05) is 35.7 Å². The normalized spacial score (nSPS) is 11.2. The van der Waals surface area contributed by atoms with Gasteiger partial charge in [0.15, 0.2) is 10.6 Å². The highest BCUT2D eigenvalue weighted by atomic mass is 79.9. The Balaban J connectivity index is 2.63. The molecule has 86 valence electrons. The van der Waals surface area contributed by atoms with Gasteiger partial charge in [0.1, 0.15) is 10.1 Å². The standard InChI is InChI=1S/C11H8Br2N4/c1-14-10-8-9(12)16-11(13)17(8)7-5-3-2-4-6(7)15-10/h2-5H,1H3,(H,14,15). The molecule has 3 aromatic rings. The molecule has 17 heavy (non-hydrogen) atoms. The van der Waals surface area contributed by atoms with Crippen LogP contribution in [0.2, 0.25) is 0 Å². The van der Waals surface area contributed by atoms with Crippen LogP contribution in [0.15, 0.2) is 33.6 Å². The Hall–Kier alpha value is -1.14. The molecule has 0 spiro atoms. The molecule has 0 fully saturated rings. The largest absolute Gasteiger partial charge is 0.371 e. The molecule has 0 unspecified atom stereocenters. The van der Waals surface area contributed by atoms with E-state index in [2.05, 4.69) is 47.1 Å². The molecular formula is C11H8Br2N4. The molecular weight excluding hydrogens is 348 g/mol. The molecule has 0 aliphatic carbocycles. The van der Waals surface area contributed by atoms with Crippen LogP contribution in [0.4, 0.5) is 5.82 Å². The van der Waals surface area contributed by atoms with Crippen LogP contribution in [0, 0.1) is 0 Å². The molecule has 0 saturated heterocycles. The van der Waals surface area contributed by atoms with E-state index in [-0.39, 0.29) is 0 Å². The fraction of sp³-hybridized carbons (Fsp3) is 0.0909. The molecule has 6 heteroatoms. The Morgan fingerprint density at radius 3 is 2.71 bits per heavy atom. The molecule has 1 N–H and O–H groups in total. The van der Waals surface area contributed by atoms with Crippen molar-refractivity contribution in [3.8, 4) is 0 Å². The third kappa shape index (κ3) is 1.55. The maximum Gasteiger partial charge on any atom is 0.183 e. The lowest BCUT2D eigenvalue weighted by Gasteiger charge is -2.07. The number of rotatable bonds is 1. The van der Waals surface area contributed by atoms with Crippen LogP contribution in [-0.4, -0.2) is 21.4 Å². The van der Waals surface area contributed by atoms with Gasteiger partial charge in [-0.05, 0) is 44.0 Å². The zero-order chi connectivity index (χ0) is 12.0. The molecule has 0 aliphatic rings. The molecule has 1 aromatic carbocycles. The minimum absolute atomic E-state index is 0.759. The summed E-state index contributed by atoms with van der Waals surface area (Å²) >= 11 is 6.92. The average Bonchev–Trinajstić information content (AvgIpc) is 2.65. The van der Waals surface area contributed by atoms with Gasteiger partial charge < -0.3 is 5.32 Å². The topological polar surface area (TPSA) is 42.2 Å². The highest BCUT2D eigenvalue weighted by Gasteiger charge is 2.14. The number of hydrogen-bond acceptors (Lipinski definition) is 3. The first-order valence-corrected chi connectivity index (χ1v) is 6.61. The molecule has 2 heterocycles. The summed E-state index contributed by atoms with van der Waals surface area (Å²) in [6.07, 6.45) is 0. The zero-order valence-electron chi connectivity index (χ0n) is 8.91. The number of nitrogens with zero attached hydrogens (tertiary/aromatic N) is 3. The highest BCUT2D eigenvalue weighted by Crippen LogP contribution is 2.30. The highest BCUT2D eigenvalue weighted by molar-refractivity contribution is 9.11. The molecule has 0 saturated carbocycles. The molecule has 3 rings (SSSR count). The number of fused-ring (bicyclic) bond motifs is 3. The van der Waals surface area contributed by atoms with Gasteiger partial charge >= 0.3 is 0 Å². The van der Waals surface area contributed by atoms with Crippen molar-refractivity contribution in [1.29, 1.82) is 0 Å². The van der Waals surface area contributed by atoms with Gasteiger partial charge in [0, 0.05) is 7.05 Å². The summed E-state index contributed by atoms with van der Waals surface area (Å²) in [5.74, 6) is 0.800. The van der Waals surface area contributed by atoms with Crippen molar-refractivity contribution in [1.82, 2.24) is 14.4 Å². The predicted octanol–water partition coefficient (Wildman–Crippen LogP) is 3.45. The average molecular weight is 356 g/mol. The summed E-state index contributed by atoms with van der Waals surface area (Å²) < 4.78 is 3.56. The van der Waals surface area contributed by atoms with Gasteiger partial charge in [-0.15, -0.1) is 0 Å². The number of hydrogen-bond donors (Lipinski definition) is 1. The van der Waals surface area contributed by atoms with Crippen LogP contribution in [0.3, 0.4) is 0 Å². The Labute approximate surface area is 114 Å². The summed E-state index contributed by atoms with van der Waals surface area (Å²) in [7, 11) is 1.85. The lowest BCUT2D eigenvalue weighted by Crippen LogP contribution is -1.99. The number of anilines is 1. The third-order valence-corrected chi connectivity index (χ3v) is 3.69. The van der Waals surface area contributed by atoms with E-state index < -0.39 is 0 Å². The number of para-hydroxylation sites is 2. The van der Waals surface area contributed by atoms with Crippen molar-refractivity contribution in [2.75, 3.05) is 12.4 Å². The summed E-state index contributed by atoms with van der Waals surface area (Å²) in [6, 6.07) is 7.97. The van der Waals surface area contributed by atoms with Crippen LogP contribution in [0.5, 0.6) is 0 Å². The number of imidazole rings is 1. The van der Waals surface area contributed by atoms with Gasteiger partial charge in [0.05, 0.1) is 11.0 Å². The molecule has 0 radical (unpaired) electrons. The monoisotopic (exact) mass is 354 g/mol. The molecule has 2 aromatic heterocycles. The minimum atomic E-state index is 0.759. The van der Waals surface area contributed by atoms with Crippen LogP contribution < -0.4 is 5.32 Å². The quantitative estimate of drug-likeness (QED) is 0.727. The van der Waals surface area contributed by atoms with E-state index in [1.54, 1.807) is 0 Å². The lowest BCUT2D eigenvalue weighted by atomic mass is 10.3. The van der Waals surface area contributed by atoms with Crippen molar-refractivity contribution in [3.05, 3.63) is 33.6 Å². The summed E-state index contributed by atoms with van der Waals surface area (Å²) in [4.78, 5) is 8.94. The fourth-order valence-electron chi connectivity index (χ4n) is 1.89. The van der Waals surface area contributed by atoms with E-state index in [0.29, 0.717) is 0 Å². The van der Waals surface area contributed by atoms with E-state index >= 15 is 0 Å². The van der Waals surface area contributed by atoms with Gasteiger partial charge in [-0.2, -0.15) is 0 Å². The maximum absolute atomic E-state index is 4.57. The molecule has 0 amide bonds. The van der Waals surface area contributed by atoms with Crippen LogP contribution >= 0.6 is 31.9 Å². The van der Waals surface area contributed by atoms with Gasteiger partial charge in [-0.25, -0.2) is 9.97 Å². The summed E-state index contributed by atoms with van der Waals surface area (Å²) in [5.41, 5.74) is 2.87. The Kier molecular flexibility index (Phi) is 2.56. The number of aromatic nitrogens is 3. The van der Waals surface area contributed by atoms with Crippen molar-refractivity contribution in [2.24, 2.45) is 0 Å². The van der Waals surface area contributed by atoms with Gasteiger partial charge in [-0.1, -0.05) is 12.1 Å². The fourth-order valence-corrected chi connectivity index (χ4v) is 3.20. The van der Waals surface area contributed by atoms with Gasteiger partial charge in [-0.3, -0.25) is 4.40 Å². The zero-order valence-corrected chi connectivity index (χ0v) is 12.1. The smallest absolute Gasteiger partial charge is 0.183 e. The SMILES string of the molecule is CNc1nc2ccccc2n2c(Br)nc(Br)c12. The number of nitrogens with one attached hydrogen (secondary N) is 1. The Morgan fingerprint density at radius 1 is 1.18 bits per heavy atom. The second kappa shape index (κ2) is 3.96. The van der Waals surface area contributed by atoms with Crippen molar-refractivity contribution in [3.63, 3.8) is 0 Å². The lowest BCUT2D eigenvalue weighted by molar-refractivity contribution is 1.13. The maximum atomic E-state index is 4.57. The summed E-state index contributed by atoms with van der Waals surface area (Å²) in [6.45, 7) is 0. The molecule has 0 atom stereocenters. The molecule has 4 nitrogen and oxygen atoms in total. The van der Waals surface area contributed by atoms with Crippen molar-refractivity contribution >= 4 is 54.2 Å². The van der Waals surface area contributed by atoms with E-state index in [4.69, 9.17) is 0 Å². The first-order chi connectivity index (χ1) is 8.22. The van der Waals surface area contributed by atoms with Gasteiger partial charge in [0.2, 0.25) is 0 Å². The van der Waals surface area contributed by atoms with E-state index in [9.17, 15) is 0 Å². The van der Waals surface area contributed by atoms with E-state index in [0.717, 1.165) is 31.7 Å². The van der Waals surface area contributed by atoms with Crippen LogP contribution in [0.25, 0.3) is 16.6 Å². The second-order valence-corrected chi connectivity index (χ2v) is 5.02. The minimum Gasteiger partial charge on any atom is -0.371 e. The first kappa shape index (κ1) is 11.0. The van der Waals surface area contributed by atoms with Crippen molar-refractivity contribution < 1.29 is 0 Å². The molecule has 0 aliphatic heterocycles. The second-order valence-electron chi connectivity index (χ2n) is 3.55. The first-order valence-electron chi connectivity index (χ1n) is 5.02.